The zero-order valence-corrected chi connectivity index (χ0v) is 11.7. The summed E-state index contributed by atoms with van der Waals surface area (Å²) in [5, 5.41) is 9.94. The number of benzene rings is 1. The van der Waals surface area contributed by atoms with Crippen LogP contribution in [0.15, 0.2) is 18.2 Å². The lowest BCUT2D eigenvalue weighted by atomic mass is 9.89. The third kappa shape index (κ3) is 3.76. The molecule has 0 aliphatic carbocycles. The van der Waals surface area contributed by atoms with Gasteiger partial charge in [0.25, 0.3) is 0 Å². The first-order valence-corrected chi connectivity index (χ1v) is 6.92. The minimum Gasteiger partial charge on any atom is -0.508 e. The molecule has 1 N–H and O–H groups in total. The lowest BCUT2D eigenvalue weighted by Gasteiger charge is -2.17. The Morgan fingerprint density at radius 2 is 1.59 bits per heavy atom. The minimum atomic E-state index is 0.453. The van der Waals surface area contributed by atoms with E-state index >= 15 is 0 Å². The molecule has 0 amide bonds. The van der Waals surface area contributed by atoms with Crippen molar-refractivity contribution in [2.45, 2.75) is 65.2 Å². The number of phenols is 1. The fourth-order valence-corrected chi connectivity index (χ4v) is 2.46. The van der Waals surface area contributed by atoms with Gasteiger partial charge in [0.05, 0.1) is 0 Å². The Morgan fingerprint density at radius 3 is 2.18 bits per heavy atom. The van der Waals surface area contributed by atoms with Gasteiger partial charge in [0.2, 0.25) is 0 Å². The van der Waals surface area contributed by atoms with E-state index in [1.54, 1.807) is 0 Å². The van der Waals surface area contributed by atoms with Crippen LogP contribution < -0.4 is 0 Å². The molecule has 0 saturated carbocycles. The summed E-state index contributed by atoms with van der Waals surface area (Å²) in [4.78, 5) is 0. The second kappa shape index (κ2) is 6.68. The minimum absolute atomic E-state index is 0.453. The number of aromatic hydroxyl groups is 1. The molecule has 0 unspecified atom stereocenters. The molecule has 0 aliphatic heterocycles. The SMILES string of the molecule is CCC[C@@H](C)c1ccc(O)c([C@H](C)CCC)c1. The lowest BCUT2D eigenvalue weighted by molar-refractivity contribution is 0.459. The maximum atomic E-state index is 9.94. The second-order valence-electron chi connectivity index (χ2n) is 5.20. The van der Waals surface area contributed by atoms with Gasteiger partial charge in [0, 0.05) is 0 Å². The second-order valence-corrected chi connectivity index (χ2v) is 5.20. The molecular formula is C16H26O. The van der Waals surface area contributed by atoms with Crippen LogP contribution >= 0.6 is 0 Å². The van der Waals surface area contributed by atoms with E-state index in [-0.39, 0.29) is 0 Å². The summed E-state index contributed by atoms with van der Waals surface area (Å²) in [7, 11) is 0. The van der Waals surface area contributed by atoms with Gasteiger partial charge in [-0.05, 0) is 41.9 Å². The van der Waals surface area contributed by atoms with Gasteiger partial charge in [0.15, 0.2) is 0 Å². The van der Waals surface area contributed by atoms with Crippen LogP contribution in [0.3, 0.4) is 0 Å². The molecule has 1 rings (SSSR count). The van der Waals surface area contributed by atoms with Gasteiger partial charge in [-0.15, -0.1) is 0 Å². The van der Waals surface area contributed by atoms with Crippen molar-refractivity contribution >= 4 is 0 Å². The maximum Gasteiger partial charge on any atom is 0.119 e. The molecule has 0 radical (unpaired) electrons. The molecular weight excluding hydrogens is 208 g/mol. The Kier molecular flexibility index (Phi) is 5.54. The van der Waals surface area contributed by atoms with Crippen molar-refractivity contribution in [3.8, 4) is 5.75 Å². The summed E-state index contributed by atoms with van der Waals surface area (Å²) in [6.45, 7) is 8.88. The van der Waals surface area contributed by atoms with Crippen molar-refractivity contribution in [3.05, 3.63) is 29.3 Å². The van der Waals surface area contributed by atoms with Crippen LogP contribution in [0.5, 0.6) is 5.75 Å². The molecule has 0 aromatic heterocycles. The normalized spacial score (nSPS) is 14.6. The highest BCUT2D eigenvalue weighted by molar-refractivity contribution is 5.39. The van der Waals surface area contributed by atoms with Gasteiger partial charge in [-0.1, -0.05) is 52.7 Å². The van der Waals surface area contributed by atoms with Crippen LogP contribution in [0.1, 0.15) is 76.3 Å². The van der Waals surface area contributed by atoms with Gasteiger partial charge < -0.3 is 5.11 Å². The molecule has 17 heavy (non-hydrogen) atoms. The molecule has 0 heterocycles. The van der Waals surface area contributed by atoms with Crippen molar-refractivity contribution in [2.24, 2.45) is 0 Å². The van der Waals surface area contributed by atoms with Crippen molar-refractivity contribution in [2.75, 3.05) is 0 Å². The predicted octanol–water partition coefficient (Wildman–Crippen LogP) is 5.20. The number of phenolic OH excluding ortho intramolecular Hbond substituents is 1. The fraction of sp³-hybridized carbons (Fsp3) is 0.625. The highest BCUT2D eigenvalue weighted by Crippen LogP contribution is 2.32. The van der Waals surface area contributed by atoms with Crippen LogP contribution in [0.2, 0.25) is 0 Å². The van der Waals surface area contributed by atoms with Crippen molar-refractivity contribution < 1.29 is 5.11 Å². The predicted molar refractivity (Wildman–Crippen MR) is 74.8 cm³/mol. The molecule has 96 valence electrons. The van der Waals surface area contributed by atoms with Gasteiger partial charge >= 0.3 is 0 Å². The third-order valence-electron chi connectivity index (χ3n) is 3.59. The standard InChI is InChI=1S/C16H26O/c1-5-7-12(3)14-9-10-16(17)15(11-14)13(4)8-6-2/h9-13,17H,5-8H2,1-4H3/t12-,13-/m1/s1. The highest BCUT2D eigenvalue weighted by atomic mass is 16.3. The summed E-state index contributed by atoms with van der Waals surface area (Å²) < 4.78 is 0. The maximum absolute atomic E-state index is 9.94. The highest BCUT2D eigenvalue weighted by Gasteiger charge is 2.12. The van der Waals surface area contributed by atoms with Crippen LogP contribution in [-0.4, -0.2) is 5.11 Å². The molecule has 0 saturated heterocycles. The summed E-state index contributed by atoms with van der Waals surface area (Å²) in [5.41, 5.74) is 2.48. The van der Waals surface area contributed by atoms with Crippen molar-refractivity contribution in [1.82, 2.24) is 0 Å². The average molecular weight is 234 g/mol. The molecule has 2 atom stereocenters. The van der Waals surface area contributed by atoms with Gasteiger partial charge in [-0.25, -0.2) is 0 Å². The Balaban J connectivity index is 2.93. The van der Waals surface area contributed by atoms with Gasteiger partial charge in [-0.3, -0.25) is 0 Å². The smallest absolute Gasteiger partial charge is 0.119 e. The molecule has 1 nitrogen and oxygen atoms in total. The van der Waals surface area contributed by atoms with E-state index in [9.17, 15) is 5.11 Å². The van der Waals surface area contributed by atoms with E-state index in [0.29, 0.717) is 17.6 Å². The van der Waals surface area contributed by atoms with Crippen LogP contribution in [-0.2, 0) is 0 Å². The summed E-state index contributed by atoms with van der Waals surface area (Å²) in [6.07, 6.45) is 4.72. The van der Waals surface area contributed by atoms with E-state index in [1.807, 2.05) is 6.07 Å². The topological polar surface area (TPSA) is 20.2 Å². The first-order valence-electron chi connectivity index (χ1n) is 6.92. The van der Waals surface area contributed by atoms with Gasteiger partial charge in [-0.2, -0.15) is 0 Å². The van der Waals surface area contributed by atoms with E-state index in [2.05, 4.69) is 39.8 Å². The van der Waals surface area contributed by atoms with Gasteiger partial charge in [0.1, 0.15) is 5.75 Å². The zero-order valence-electron chi connectivity index (χ0n) is 11.7. The summed E-state index contributed by atoms with van der Waals surface area (Å²) in [6, 6.07) is 6.14. The number of rotatable bonds is 6. The van der Waals surface area contributed by atoms with Crippen molar-refractivity contribution in [3.63, 3.8) is 0 Å². The quantitative estimate of drug-likeness (QED) is 0.717. The number of hydrogen-bond donors (Lipinski definition) is 1. The molecule has 0 aliphatic rings. The van der Waals surface area contributed by atoms with Crippen LogP contribution in [0.25, 0.3) is 0 Å². The van der Waals surface area contributed by atoms with E-state index < -0.39 is 0 Å². The molecule has 0 bridgehead atoms. The Bertz CT molecular complexity index is 343. The third-order valence-corrected chi connectivity index (χ3v) is 3.59. The first kappa shape index (κ1) is 14.1. The van der Waals surface area contributed by atoms with Crippen LogP contribution in [0, 0.1) is 0 Å². The summed E-state index contributed by atoms with van der Waals surface area (Å²) >= 11 is 0. The zero-order chi connectivity index (χ0) is 12.8. The van der Waals surface area contributed by atoms with Crippen LogP contribution in [0.4, 0.5) is 0 Å². The monoisotopic (exact) mass is 234 g/mol. The van der Waals surface area contributed by atoms with Crippen molar-refractivity contribution in [1.29, 1.82) is 0 Å². The van der Waals surface area contributed by atoms with E-state index in [0.717, 1.165) is 18.4 Å². The Hall–Kier alpha value is -0.980. The largest absolute Gasteiger partial charge is 0.508 e. The summed E-state index contributed by atoms with van der Waals surface area (Å²) in [5.74, 6) is 1.50. The molecule has 1 aromatic rings. The van der Waals surface area contributed by atoms with E-state index in [1.165, 1.54) is 18.4 Å². The van der Waals surface area contributed by atoms with E-state index in [4.69, 9.17) is 0 Å². The Morgan fingerprint density at radius 1 is 1.00 bits per heavy atom. The molecule has 1 heteroatoms. The number of hydrogen-bond acceptors (Lipinski definition) is 1. The first-order chi connectivity index (χ1) is 8.10. The fourth-order valence-electron chi connectivity index (χ4n) is 2.46. The Labute approximate surface area is 106 Å². The molecule has 1 aromatic carbocycles. The molecule has 0 fully saturated rings. The lowest BCUT2D eigenvalue weighted by Crippen LogP contribution is -1.98. The average Bonchev–Trinajstić information content (AvgIpc) is 2.30. The molecule has 0 spiro atoms.